The predicted molar refractivity (Wildman–Crippen MR) is 46.8 cm³/mol. The van der Waals surface area contributed by atoms with Crippen molar-refractivity contribution >= 4 is 10.8 Å². The van der Waals surface area contributed by atoms with Crippen molar-refractivity contribution in [3.63, 3.8) is 0 Å². The van der Waals surface area contributed by atoms with Gasteiger partial charge in [-0.2, -0.15) is 13.2 Å². The van der Waals surface area contributed by atoms with Gasteiger partial charge in [-0.1, -0.05) is 0 Å². The minimum atomic E-state index is -4.23. The molecule has 0 saturated heterocycles. The van der Waals surface area contributed by atoms with Gasteiger partial charge in [0.2, 0.25) is 0 Å². The predicted octanol–water partition coefficient (Wildman–Crippen LogP) is 1.42. The highest BCUT2D eigenvalue weighted by Crippen LogP contribution is 2.19. The minimum Gasteiger partial charge on any atom is -0.325 e. The first-order valence-electron chi connectivity index (χ1n) is 3.81. The molecular weight excluding hydrogens is 203 g/mol. The van der Waals surface area contributed by atoms with Crippen LogP contribution >= 0.6 is 0 Å². The van der Waals surface area contributed by atoms with Crippen LogP contribution in [0, 0.1) is 0 Å². The minimum absolute atomic E-state index is 0.100. The standard InChI is InChI=1S/C7H14F3NOS/c1-6(2,11)5-13(12)4-3-7(8,9)10/h3-5,11H2,1-2H3. The van der Waals surface area contributed by atoms with Gasteiger partial charge >= 0.3 is 6.18 Å². The van der Waals surface area contributed by atoms with Crippen LogP contribution in [0.5, 0.6) is 0 Å². The summed E-state index contributed by atoms with van der Waals surface area (Å²) >= 11 is 0. The first-order valence-corrected chi connectivity index (χ1v) is 5.29. The smallest absolute Gasteiger partial charge is 0.325 e. The molecule has 0 aliphatic rings. The molecule has 0 aromatic rings. The summed E-state index contributed by atoms with van der Waals surface area (Å²) in [5, 5.41) is 0. The van der Waals surface area contributed by atoms with Crippen molar-refractivity contribution in [3.05, 3.63) is 0 Å². The van der Waals surface area contributed by atoms with E-state index in [0.717, 1.165) is 0 Å². The average Bonchev–Trinajstić information content (AvgIpc) is 1.78. The van der Waals surface area contributed by atoms with Crippen molar-refractivity contribution in [2.75, 3.05) is 11.5 Å². The van der Waals surface area contributed by atoms with Crippen molar-refractivity contribution in [3.8, 4) is 0 Å². The maximum Gasteiger partial charge on any atom is 0.390 e. The van der Waals surface area contributed by atoms with Crippen LogP contribution in [0.3, 0.4) is 0 Å². The monoisotopic (exact) mass is 217 g/mol. The summed E-state index contributed by atoms with van der Waals surface area (Å²) < 4.78 is 46.1. The van der Waals surface area contributed by atoms with Crippen molar-refractivity contribution in [1.29, 1.82) is 0 Å². The maximum atomic E-state index is 11.7. The van der Waals surface area contributed by atoms with E-state index >= 15 is 0 Å². The van der Waals surface area contributed by atoms with Gasteiger partial charge in [-0.15, -0.1) is 0 Å². The Hall–Kier alpha value is -0.100. The third kappa shape index (κ3) is 9.82. The third-order valence-corrected chi connectivity index (χ3v) is 2.87. The fraction of sp³-hybridized carbons (Fsp3) is 1.00. The Labute approximate surface area is 78.1 Å². The summed E-state index contributed by atoms with van der Waals surface area (Å²) in [6, 6.07) is 0. The first-order chi connectivity index (χ1) is 5.60. The molecule has 0 heterocycles. The molecule has 0 spiro atoms. The van der Waals surface area contributed by atoms with Crippen molar-refractivity contribution in [1.82, 2.24) is 0 Å². The summed E-state index contributed by atoms with van der Waals surface area (Å²) in [5.74, 6) is -0.257. The molecule has 0 radical (unpaired) electrons. The molecule has 1 unspecified atom stereocenters. The summed E-state index contributed by atoms with van der Waals surface area (Å²) in [7, 11) is -1.48. The van der Waals surface area contributed by atoms with E-state index in [1.807, 2.05) is 0 Å². The molecule has 2 N–H and O–H groups in total. The zero-order chi connectivity index (χ0) is 10.7. The number of rotatable bonds is 4. The zero-order valence-electron chi connectivity index (χ0n) is 7.65. The second-order valence-corrected chi connectivity index (χ2v) is 5.22. The Bertz CT molecular complexity index is 185. The quantitative estimate of drug-likeness (QED) is 0.774. The lowest BCUT2D eigenvalue weighted by Crippen LogP contribution is -2.38. The molecule has 0 rings (SSSR count). The lowest BCUT2D eigenvalue weighted by atomic mass is 10.1. The van der Waals surface area contributed by atoms with Gasteiger partial charge < -0.3 is 5.73 Å². The van der Waals surface area contributed by atoms with Gasteiger partial charge in [0.05, 0.1) is 6.42 Å². The van der Waals surface area contributed by atoms with Crippen LogP contribution in [0.1, 0.15) is 20.3 Å². The molecule has 6 heteroatoms. The number of halogens is 3. The van der Waals surface area contributed by atoms with Gasteiger partial charge in [0, 0.05) is 27.8 Å². The Morgan fingerprint density at radius 2 is 1.77 bits per heavy atom. The van der Waals surface area contributed by atoms with E-state index in [-0.39, 0.29) is 11.5 Å². The fourth-order valence-electron chi connectivity index (χ4n) is 0.717. The van der Waals surface area contributed by atoms with Crippen molar-refractivity contribution in [2.24, 2.45) is 5.73 Å². The number of hydrogen-bond donors (Lipinski definition) is 1. The van der Waals surface area contributed by atoms with E-state index in [2.05, 4.69) is 0 Å². The van der Waals surface area contributed by atoms with Gasteiger partial charge in [0.1, 0.15) is 0 Å². The lowest BCUT2D eigenvalue weighted by molar-refractivity contribution is -0.129. The molecule has 0 amide bonds. The molecule has 2 nitrogen and oxygen atoms in total. The maximum absolute atomic E-state index is 11.7. The molecule has 13 heavy (non-hydrogen) atoms. The summed E-state index contributed by atoms with van der Waals surface area (Å²) in [6.45, 7) is 3.27. The number of hydrogen-bond acceptors (Lipinski definition) is 2. The molecule has 0 aromatic carbocycles. The zero-order valence-corrected chi connectivity index (χ0v) is 8.47. The first kappa shape index (κ1) is 12.9. The van der Waals surface area contributed by atoms with E-state index < -0.39 is 28.9 Å². The highest BCUT2D eigenvalue weighted by atomic mass is 32.2. The van der Waals surface area contributed by atoms with Crippen LogP contribution in [0.25, 0.3) is 0 Å². The second kappa shape index (κ2) is 4.41. The summed E-state index contributed by atoms with van der Waals surface area (Å²) in [6.07, 6.45) is -5.23. The molecule has 0 aliphatic carbocycles. The Morgan fingerprint density at radius 1 is 1.31 bits per heavy atom. The van der Waals surface area contributed by atoms with Gasteiger partial charge in [-0.3, -0.25) is 4.21 Å². The Morgan fingerprint density at radius 3 is 2.08 bits per heavy atom. The highest BCUT2D eigenvalue weighted by Gasteiger charge is 2.28. The fourth-order valence-corrected chi connectivity index (χ4v) is 2.15. The van der Waals surface area contributed by atoms with Gasteiger partial charge in [0.25, 0.3) is 0 Å². The van der Waals surface area contributed by atoms with Crippen molar-refractivity contribution in [2.45, 2.75) is 32.0 Å². The van der Waals surface area contributed by atoms with E-state index in [1.54, 1.807) is 13.8 Å². The van der Waals surface area contributed by atoms with Crippen LogP contribution in [0.4, 0.5) is 13.2 Å². The molecule has 0 aliphatic heterocycles. The van der Waals surface area contributed by atoms with Gasteiger partial charge in [-0.25, -0.2) is 0 Å². The summed E-state index contributed by atoms with van der Waals surface area (Å²) in [4.78, 5) is 0. The SMILES string of the molecule is CC(C)(N)CS(=O)CCC(F)(F)F. The second-order valence-electron chi connectivity index (χ2n) is 3.64. The lowest BCUT2D eigenvalue weighted by Gasteiger charge is -2.17. The molecule has 0 saturated carbocycles. The van der Waals surface area contributed by atoms with Crippen LogP contribution in [-0.4, -0.2) is 27.4 Å². The molecule has 0 fully saturated rings. The van der Waals surface area contributed by atoms with Crippen LogP contribution in [0.15, 0.2) is 0 Å². The van der Waals surface area contributed by atoms with Crippen LogP contribution < -0.4 is 5.73 Å². The third-order valence-electron chi connectivity index (χ3n) is 1.15. The molecular formula is C7H14F3NOS. The topological polar surface area (TPSA) is 43.1 Å². The molecule has 0 bridgehead atoms. The molecule has 0 aromatic heterocycles. The van der Waals surface area contributed by atoms with Gasteiger partial charge in [-0.05, 0) is 13.8 Å². The van der Waals surface area contributed by atoms with E-state index in [1.165, 1.54) is 0 Å². The average molecular weight is 217 g/mol. The Kier molecular flexibility index (Phi) is 4.38. The largest absolute Gasteiger partial charge is 0.390 e. The van der Waals surface area contributed by atoms with Crippen LogP contribution in [0.2, 0.25) is 0 Å². The molecule has 1 atom stereocenters. The van der Waals surface area contributed by atoms with E-state index in [0.29, 0.717) is 0 Å². The number of nitrogens with two attached hydrogens (primary N) is 1. The molecule has 80 valence electrons. The summed E-state index contributed by atoms with van der Waals surface area (Å²) in [5.41, 5.74) is 4.83. The number of alkyl halides is 3. The van der Waals surface area contributed by atoms with Crippen molar-refractivity contribution < 1.29 is 17.4 Å². The van der Waals surface area contributed by atoms with Gasteiger partial charge in [0.15, 0.2) is 0 Å². The normalized spacial score (nSPS) is 15.8. The van der Waals surface area contributed by atoms with E-state index in [4.69, 9.17) is 5.73 Å². The Balaban J connectivity index is 3.78. The highest BCUT2D eigenvalue weighted by molar-refractivity contribution is 7.85. The van der Waals surface area contributed by atoms with Crippen LogP contribution in [-0.2, 0) is 10.8 Å². The van der Waals surface area contributed by atoms with E-state index in [9.17, 15) is 17.4 Å².